The number of rotatable bonds is 11. The molecular weight excluding hydrogens is 749 g/mol. The van der Waals surface area contributed by atoms with Gasteiger partial charge in [-0.15, -0.1) is 0 Å². The largest absolute Gasteiger partial charge is 0.461 e. The number of carbonyl (C=O) groups is 1. The van der Waals surface area contributed by atoms with E-state index in [4.69, 9.17) is 0 Å². The maximum atomic E-state index is 14.5. The van der Waals surface area contributed by atoms with Crippen LogP contribution >= 0.6 is 0 Å². The minimum absolute atomic E-state index is 0.0802. The van der Waals surface area contributed by atoms with Crippen molar-refractivity contribution in [2.75, 3.05) is 0 Å². The van der Waals surface area contributed by atoms with Crippen molar-refractivity contribution in [3.8, 4) is 0 Å². The van der Waals surface area contributed by atoms with Crippen molar-refractivity contribution in [3.05, 3.63) is 12.2 Å². The molecule has 0 aromatic carbocycles. The summed E-state index contributed by atoms with van der Waals surface area (Å²) in [4.78, 5) is 11.1. The van der Waals surface area contributed by atoms with Gasteiger partial charge in [0.05, 0.1) is 0 Å². The summed E-state index contributed by atoms with van der Waals surface area (Å²) < 4.78 is 364. The van der Waals surface area contributed by atoms with Crippen molar-refractivity contribution in [2.45, 2.75) is 84.4 Å². The van der Waals surface area contributed by atoms with Crippen LogP contribution in [0.5, 0.6) is 0 Å². The maximum Gasteiger partial charge on any atom is 0.461 e. The number of halogens is 27. The third-order valence-electron chi connectivity index (χ3n) is 5.33. The smallest absolute Gasteiger partial charge is 0.413 e. The predicted molar refractivity (Wildman–Crippen MR) is 86.3 cm³/mol. The van der Waals surface area contributed by atoms with Crippen LogP contribution in [0.2, 0.25) is 0 Å². The van der Waals surface area contributed by atoms with E-state index in [1.807, 2.05) is 4.74 Å². The van der Waals surface area contributed by atoms with Crippen LogP contribution in [0.4, 0.5) is 119 Å². The van der Waals surface area contributed by atoms with Gasteiger partial charge >= 0.3 is 83.4 Å². The van der Waals surface area contributed by atoms with E-state index in [2.05, 4.69) is 6.58 Å². The summed E-state index contributed by atoms with van der Waals surface area (Å²) >= 11 is 0. The fourth-order valence-electron chi connectivity index (χ4n) is 2.64. The van der Waals surface area contributed by atoms with Gasteiger partial charge < -0.3 is 4.74 Å². The zero-order chi connectivity index (χ0) is 38.4. The number of carbonyl (C=O) groups excluding carboxylic acids is 1. The van der Waals surface area contributed by atoms with Gasteiger partial charge in [-0.2, -0.15) is 114 Å². The predicted octanol–water partition coefficient (Wildman–Crippen LogP) is 9.25. The first-order valence-electron chi connectivity index (χ1n) is 9.82. The zero-order valence-corrected chi connectivity index (χ0v) is 20.2. The third kappa shape index (κ3) is 5.14. The minimum atomic E-state index is -9.88. The molecule has 0 aliphatic rings. The average Bonchev–Trinajstić information content (AvgIpc) is 2.79. The number of alkyl halides is 27. The lowest BCUT2D eigenvalue weighted by Gasteiger charge is -2.47. The molecule has 0 aliphatic heterocycles. The molecule has 0 amide bonds. The lowest BCUT2D eigenvalue weighted by Crippen LogP contribution is -2.80. The molecular formula is C17H5F27O2. The van der Waals surface area contributed by atoms with Gasteiger partial charge in [0.25, 0.3) is 0 Å². The highest BCUT2D eigenvalue weighted by Gasteiger charge is 3.01. The SMILES string of the molecule is C=C(C)C(=O)OC(F)(C(F)(F)C(F)(F)F)C(F)(F)C(F)(F)C(F)(F)C(F)(F)C(F)(F)C(F)(F)C(F)(F)C(F)(C(F)(F)F)C(F)(F)F. The second kappa shape index (κ2) is 10.7. The van der Waals surface area contributed by atoms with Crippen LogP contribution < -0.4 is 0 Å². The second-order valence-electron chi connectivity index (χ2n) is 8.51. The summed E-state index contributed by atoms with van der Waals surface area (Å²) in [6, 6.07) is 0. The van der Waals surface area contributed by atoms with Crippen LogP contribution in [0.1, 0.15) is 6.92 Å². The Morgan fingerprint density at radius 2 is 0.630 bits per heavy atom. The Morgan fingerprint density at radius 1 is 0.391 bits per heavy atom. The maximum absolute atomic E-state index is 14.5. The van der Waals surface area contributed by atoms with E-state index in [-0.39, 0.29) is 6.92 Å². The molecule has 46 heavy (non-hydrogen) atoms. The fraction of sp³-hybridized carbons (Fsp3) is 0.824. The minimum Gasteiger partial charge on any atom is -0.413 e. The Morgan fingerprint density at radius 3 is 0.848 bits per heavy atom. The van der Waals surface area contributed by atoms with Crippen LogP contribution in [0.25, 0.3) is 0 Å². The van der Waals surface area contributed by atoms with E-state index in [0.29, 0.717) is 0 Å². The van der Waals surface area contributed by atoms with E-state index in [9.17, 15) is 123 Å². The van der Waals surface area contributed by atoms with E-state index < -0.39 is 89.0 Å². The molecule has 0 radical (unpaired) electrons. The normalized spacial score (nSPS) is 17.5. The van der Waals surface area contributed by atoms with E-state index in [1.165, 1.54) is 0 Å². The molecule has 0 spiro atoms. The fourth-order valence-corrected chi connectivity index (χ4v) is 2.64. The number of hydrogen-bond donors (Lipinski definition) is 0. The molecule has 0 rings (SSSR count). The molecule has 0 aliphatic carbocycles. The molecule has 0 aromatic heterocycles. The molecule has 0 bridgehead atoms. The molecule has 0 aromatic rings. The number of esters is 1. The summed E-state index contributed by atoms with van der Waals surface area (Å²) in [6.07, 6.45) is -25.6. The van der Waals surface area contributed by atoms with Gasteiger partial charge in [-0.05, 0) is 6.92 Å². The third-order valence-corrected chi connectivity index (χ3v) is 5.33. The number of ether oxygens (including phenoxy) is 1. The van der Waals surface area contributed by atoms with Crippen molar-refractivity contribution < 1.29 is 128 Å². The van der Waals surface area contributed by atoms with E-state index in [1.54, 1.807) is 0 Å². The molecule has 274 valence electrons. The molecule has 0 N–H and O–H groups in total. The van der Waals surface area contributed by atoms with Crippen LogP contribution in [0.15, 0.2) is 12.2 Å². The van der Waals surface area contributed by atoms with Crippen LogP contribution in [0.3, 0.4) is 0 Å². The van der Waals surface area contributed by atoms with E-state index in [0.717, 1.165) is 0 Å². The highest BCUT2D eigenvalue weighted by molar-refractivity contribution is 5.87. The van der Waals surface area contributed by atoms with Crippen LogP contribution in [0, 0.1) is 0 Å². The van der Waals surface area contributed by atoms with Gasteiger partial charge in [-0.1, -0.05) is 6.58 Å². The number of hydrogen-bond acceptors (Lipinski definition) is 2. The Hall–Kier alpha value is -2.68. The van der Waals surface area contributed by atoms with Crippen molar-refractivity contribution in [3.63, 3.8) is 0 Å². The average molecular weight is 754 g/mol. The molecule has 29 heteroatoms. The lowest BCUT2D eigenvalue weighted by molar-refractivity contribution is -0.494. The van der Waals surface area contributed by atoms with Gasteiger partial charge in [0, 0.05) is 5.57 Å². The molecule has 1 atom stereocenters. The molecule has 0 saturated carbocycles. The summed E-state index contributed by atoms with van der Waals surface area (Å²) in [5, 5.41) is 0. The zero-order valence-electron chi connectivity index (χ0n) is 20.2. The first-order chi connectivity index (χ1) is 19.3. The molecule has 0 heterocycles. The quantitative estimate of drug-likeness (QED) is 0.120. The van der Waals surface area contributed by atoms with Gasteiger partial charge in [-0.3, -0.25) is 0 Å². The first-order valence-corrected chi connectivity index (χ1v) is 9.82. The first kappa shape index (κ1) is 43.3. The van der Waals surface area contributed by atoms with Crippen molar-refractivity contribution in [2.24, 2.45) is 0 Å². The van der Waals surface area contributed by atoms with Gasteiger partial charge in [0.2, 0.25) is 0 Å². The summed E-state index contributed by atoms with van der Waals surface area (Å²) in [5.41, 5.74) is -11.2. The van der Waals surface area contributed by atoms with Gasteiger partial charge in [0.15, 0.2) is 0 Å². The van der Waals surface area contributed by atoms with Crippen molar-refractivity contribution in [1.29, 1.82) is 0 Å². The highest BCUT2D eigenvalue weighted by Crippen LogP contribution is 2.69. The monoisotopic (exact) mass is 754 g/mol. The van der Waals surface area contributed by atoms with Crippen molar-refractivity contribution in [1.82, 2.24) is 0 Å². The Labute approximate surface area is 232 Å². The standard InChI is InChI=1S/C17H5F27O2/c1-3(2)4(45)46-14(35,13(33,34)17(42,43)44)12(31,32)11(29,30)10(27,28)9(25,26)8(23,24)7(21,22)6(19,20)5(18,15(36,37)38)16(39,40)41/h1H2,2H3. The van der Waals surface area contributed by atoms with Gasteiger partial charge in [-0.25, -0.2) is 9.18 Å². The van der Waals surface area contributed by atoms with Crippen molar-refractivity contribution >= 4 is 5.97 Å². The summed E-state index contributed by atoms with van der Waals surface area (Å²) in [5.74, 6) is -88.8. The van der Waals surface area contributed by atoms with E-state index >= 15 is 0 Å². The highest BCUT2D eigenvalue weighted by atomic mass is 19.4. The molecule has 1 unspecified atom stereocenters. The molecule has 2 nitrogen and oxygen atoms in total. The Bertz CT molecular complexity index is 1150. The summed E-state index contributed by atoms with van der Waals surface area (Å²) in [6.45, 7) is 2.06. The molecule has 0 saturated heterocycles. The molecule has 0 fully saturated rings. The van der Waals surface area contributed by atoms with Crippen LogP contribution in [-0.2, 0) is 9.53 Å². The topological polar surface area (TPSA) is 26.3 Å². The summed E-state index contributed by atoms with van der Waals surface area (Å²) in [7, 11) is 0. The Kier molecular flexibility index (Phi) is 10.0. The Balaban J connectivity index is 7.90. The second-order valence-corrected chi connectivity index (χ2v) is 8.51. The van der Waals surface area contributed by atoms with Gasteiger partial charge in [0.1, 0.15) is 0 Å². The van der Waals surface area contributed by atoms with Crippen LogP contribution in [-0.4, -0.2) is 83.4 Å². The lowest BCUT2D eigenvalue weighted by atomic mass is 9.82.